The molecule has 0 heterocycles. The Kier molecular flexibility index (Phi) is 2.30. The molecule has 0 aromatic heterocycles. The number of aliphatic carboxylic acids is 1. The molecule has 0 aliphatic heterocycles. The fourth-order valence-electron chi connectivity index (χ4n) is 1.11. The Hall–Kier alpha value is -1.13. The number of hydrogen-bond acceptors (Lipinski definition) is 3. The Morgan fingerprint density at radius 3 is 2.58 bits per heavy atom. The van der Waals surface area contributed by atoms with Gasteiger partial charge in [0.05, 0.1) is 5.57 Å². The minimum atomic E-state index is -1.31. The molecule has 0 spiro atoms. The average molecular weight is 170 g/mol. The molecule has 4 heteroatoms. The van der Waals surface area contributed by atoms with Crippen molar-refractivity contribution in [1.82, 2.24) is 0 Å². The summed E-state index contributed by atoms with van der Waals surface area (Å²) in [7, 11) is 0. The van der Waals surface area contributed by atoms with Crippen LogP contribution in [0.1, 0.15) is 6.92 Å². The van der Waals surface area contributed by atoms with Gasteiger partial charge in [-0.15, -0.1) is 0 Å². The van der Waals surface area contributed by atoms with E-state index in [9.17, 15) is 9.90 Å². The van der Waals surface area contributed by atoms with Gasteiger partial charge >= 0.3 is 5.97 Å². The van der Waals surface area contributed by atoms with E-state index in [0.29, 0.717) is 5.57 Å². The van der Waals surface area contributed by atoms with Gasteiger partial charge in [0, 0.05) is 0 Å². The minimum absolute atomic E-state index is 0.164. The molecule has 4 nitrogen and oxygen atoms in total. The molecule has 0 fully saturated rings. The van der Waals surface area contributed by atoms with Crippen LogP contribution in [-0.4, -0.2) is 33.5 Å². The van der Waals surface area contributed by atoms with E-state index in [1.165, 1.54) is 12.2 Å². The molecular formula is C8H10O4. The van der Waals surface area contributed by atoms with E-state index in [-0.39, 0.29) is 5.57 Å². The number of allylic oxidation sites excluding steroid dienone is 2. The highest BCUT2D eigenvalue weighted by molar-refractivity contribution is 5.89. The monoisotopic (exact) mass is 170 g/mol. The number of hydrogen-bond donors (Lipinski definition) is 3. The molecule has 0 saturated heterocycles. The topological polar surface area (TPSA) is 77.8 Å². The number of aliphatic hydroxyl groups is 2. The second kappa shape index (κ2) is 3.08. The standard InChI is InChI=1S/C8H10O4/c1-4-2-5(8(11)12)7(10)6(9)3-4/h2-3,6-7,9-10H,1H3,(H,11,12)/t6-,7+/m0/s1. The highest BCUT2D eigenvalue weighted by atomic mass is 16.4. The van der Waals surface area contributed by atoms with Crippen LogP contribution in [-0.2, 0) is 4.79 Å². The van der Waals surface area contributed by atoms with Crippen LogP contribution in [0.25, 0.3) is 0 Å². The van der Waals surface area contributed by atoms with Crippen molar-refractivity contribution in [3.8, 4) is 0 Å². The van der Waals surface area contributed by atoms with Gasteiger partial charge in [-0.25, -0.2) is 4.79 Å². The predicted octanol–water partition coefficient (Wildman–Crippen LogP) is -0.321. The lowest BCUT2D eigenvalue weighted by Gasteiger charge is -2.20. The molecule has 2 atom stereocenters. The summed E-state index contributed by atoms with van der Waals surface area (Å²) in [5.41, 5.74) is 0.479. The smallest absolute Gasteiger partial charge is 0.334 e. The van der Waals surface area contributed by atoms with Gasteiger partial charge in [-0.3, -0.25) is 0 Å². The Labute approximate surface area is 69.5 Å². The lowest BCUT2D eigenvalue weighted by Crippen LogP contribution is -2.32. The third kappa shape index (κ3) is 1.54. The Bertz CT molecular complexity index is 264. The first kappa shape index (κ1) is 8.96. The van der Waals surface area contributed by atoms with Crippen molar-refractivity contribution in [1.29, 1.82) is 0 Å². The average Bonchev–Trinajstić information content (AvgIpc) is 1.96. The summed E-state index contributed by atoms with van der Waals surface area (Å²) in [5, 5.41) is 26.9. The van der Waals surface area contributed by atoms with Crippen molar-refractivity contribution in [2.75, 3.05) is 0 Å². The van der Waals surface area contributed by atoms with Crippen molar-refractivity contribution in [3.05, 3.63) is 23.3 Å². The molecule has 1 aliphatic rings. The van der Waals surface area contributed by atoms with E-state index in [1.54, 1.807) is 6.92 Å². The SMILES string of the molecule is CC1=C[C@H](O)[C@H](O)C(C(=O)O)=C1. The van der Waals surface area contributed by atoms with E-state index in [1.807, 2.05) is 0 Å². The van der Waals surface area contributed by atoms with Gasteiger partial charge in [0.15, 0.2) is 0 Å². The maximum Gasteiger partial charge on any atom is 0.334 e. The van der Waals surface area contributed by atoms with Crippen molar-refractivity contribution in [2.24, 2.45) is 0 Å². The zero-order valence-corrected chi connectivity index (χ0v) is 6.56. The van der Waals surface area contributed by atoms with Crippen LogP contribution in [0, 0.1) is 0 Å². The van der Waals surface area contributed by atoms with Crippen LogP contribution in [0.5, 0.6) is 0 Å². The predicted molar refractivity (Wildman–Crippen MR) is 41.5 cm³/mol. The summed E-state index contributed by atoms with van der Waals surface area (Å²) in [6.07, 6.45) is 0.337. The molecule has 0 unspecified atom stereocenters. The van der Waals surface area contributed by atoms with Crippen LogP contribution in [0.15, 0.2) is 23.3 Å². The van der Waals surface area contributed by atoms with Gasteiger partial charge in [-0.05, 0) is 13.0 Å². The summed E-state index contributed by atoms with van der Waals surface area (Å²) in [4.78, 5) is 10.5. The van der Waals surface area contributed by atoms with E-state index >= 15 is 0 Å². The number of rotatable bonds is 1. The zero-order valence-electron chi connectivity index (χ0n) is 6.56. The van der Waals surface area contributed by atoms with E-state index in [2.05, 4.69) is 0 Å². The van der Waals surface area contributed by atoms with Crippen molar-refractivity contribution >= 4 is 5.97 Å². The largest absolute Gasteiger partial charge is 0.478 e. The normalized spacial score (nSPS) is 29.2. The van der Waals surface area contributed by atoms with E-state index < -0.39 is 18.2 Å². The van der Waals surface area contributed by atoms with Crippen molar-refractivity contribution in [2.45, 2.75) is 19.1 Å². The quantitative estimate of drug-likeness (QED) is 0.504. The molecule has 0 aromatic rings. The van der Waals surface area contributed by atoms with Gasteiger partial charge in [0.25, 0.3) is 0 Å². The third-order valence-corrected chi connectivity index (χ3v) is 1.71. The fourth-order valence-corrected chi connectivity index (χ4v) is 1.11. The number of aliphatic hydroxyl groups excluding tert-OH is 2. The van der Waals surface area contributed by atoms with E-state index in [4.69, 9.17) is 10.2 Å². The lowest BCUT2D eigenvalue weighted by molar-refractivity contribution is -0.134. The maximum absolute atomic E-state index is 10.5. The highest BCUT2D eigenvalue weighted by Crippen LogP contribution is 2.18. The Morgan fingerprint density at radius 1 is 1.50 bits per heavy atom. The molecule has 0 saturated carbocycles. The second-order valence-electron chi connectivity index (χ2n) is 2.75. The van der Waals surface area contributed by atoms with Crippen molar-refractivity contribution in [3.63, 3.8) is 0 Å². The molecule has 12 heavy (non-hydrogen) atoms. The Morgan fingerprint density at radius 2 is 2.08 bits per heavy atom. The summed E-state index contributed by atoms with van der Waals surface area (Å²) < 4.78 is 0. The van der Waals surface area contributed by atoms with E-state index in [0.717, 1.165) is 0 Å². The molecule has 1 aliphatic carbocycles. The first-order chi connectivity index (χ1) is 5.52. The molecule has 0 bridgehead atoms. The molecular weight excluding hydrogens is 160 g/mol. The maximum atomic E-state index is 10.5. The van der Waals surface area contributed by atoms with Crippen LogP contribution < -0.4 is 0 Å². The highest BCUT2D eigenvalue weighted by Gasteiger charge is 2.26. The molecule has 66 valence electrons. The van der Waals surface area contributed by atoms with Crippen LogP contribution >= 0.6 is 0 Å². The van der Waals surface area contributed by atoms with Crippen LogP contribution in [0.2, 0.25) is 0 Å². The summed E-state index contributed by atoms with van der Waals surface area (Å²) >= 11 is 0. The van der Waals surface area contributed by atoms with Gasteiger partial charge in [0.1, 0.15) is 12.2 Å². The third-order valence-electron chi connectivity index (χ3n) is 1.71. The number of carbonyl (C=O) groups is 1. The summed E-state index contributed by atoms with van der Waals surface area (Å²) in [5.74, 6) is -1.20. The van der Waals surface area contributed by atoms with Crippen LogP contribution in [0.4, 0.5) is 0 Å². The van der Waals surface area contributed by atoms with Crippen molar-refractivity contribution < 1.29 is 20.1 Å². The van der Waals surface area contributed by atoms with Gasteiger partial charge in [0.2, 0.25) is 0 Å². The number of carboxylic acid groups (broad SMARTS) is 1. The molecule has 0 amide bonds. The fraction of sp³-hybridized carbons (Fsp3) is 0.375. The van der Waals surface area contributed by atoms with Crippen LogP contribution in [0.3, 0.4) is 0 Å². The lowest BCUT2D eigenvalue weighted by atomic mass is 9.95. The summed E-state index contributed by atoms with van der Waals surface area (Å²) in [6, 6.07) is 0. The molecule has 1 rings (SSSR count). The molecule has 0 aromatic carbocycles. The first-order valence-electron chi connectivity index (χ1n) is 3.52. The zero-order chi connectivity index (χ0) is 9.30. The summed E-state index contributed by atoms with van der Waals surface area (Å²) in [6.45, 7) is 1.66. The Balaban J connectivity index is 2.98. The first-order valence-corrected chi connectivity index (χ1v) is 3.52. The second-order valence-corrected chi connectivity index (χ2v) is 2.75. The minimum Gasteiger partial charge on any atom is -0.478 e. The van der Waals surface area contributed by atoms with Gasteiger partial charge < -0.3 is 15.3 Å². The number of carboxylic acids is 1. The molecule has 0 radical (unpaired) electrons. The van der Waals surface area contributed by atoms with Gasteiger partial charge in [-0.2, -0.15) is 0 Å². The van der Waals surface area contributed by atoms with Gasteiger partial charge in [-0.1, -0.05) is 11.6 Å². The molecule has 3 N–H and O–H groups in total.